The fourth-order valence-corrected chi connectivity index (χ4v) is 3.66. The molecule has 0 unspecified atom stereocenters. The predicted octanol–water partition coefficient (Wildman–Crippen LogP) is 2.92. The van der Waals surface area contributed by atoms with Crippen LogP contribution in [0.2, 0.25) is 0 Å². The van der Waals surface area contributed by atoms with Crippen molar-refractivity contribution in [1.29, 1.82) is 0 Å². The van der Waals surface area contributed by atoms with Crippen LogP contribution >= 0.6 is 11.3 Å². The summed E-state index contributed by atoms with van der Waals surface area (Å²) >= 11 is 1.22. The Balaban J connectivity index is 2.00. The minimum Gasteiger partial charge on any atom is -0.397 e. The van der Waals surface area contributed by atoms with Gasteiger partial charge in [-0.1, -0.05) is 24.3 Å². The Labute approximate surface area is 142 Å². The van der Waals surface area contributed by atoms with Gasteiger partial charge in [0.25, 0.3) is 5.91 Å². The van der Waals surface area contributed by atoms with Crippen LogP contribution in [0, 0.1) is 6.92 Å². The number of hydrogen-bond acceptors (Lipinski definition) is 6. The molecule has 0 aliphatic heterocycles. The van der Waals surface area contributed by atoms with E-state index < -0.39 is 5.91 Å². The van der Waals surface area contributed by atoms with Crippen LogP contribution in [0.1, 0.15) is 28.1 Å². The maximum Gasteiger partial charge on any atom is 0.260 e. The zero-order chi connectivity index (χ0) is 16.8. The molecule has 1 aromatic carbocycles. The number of amides is 1. The highest BCUT2D eigenvalue weighted by Crippen LogP contribution is 2.40. The first-order valence-corrected chi connectivity index (χ1v) is 8.58. The van der Waals surface area contributed by atoms with Crippen molar-refractivity contribution >= 4 is 39.1 Å². The lowest BCUT2D eigenvalue weighted by molar-refractivity contribution is 0.100. The Bertz CT molecular complexity index is 961. The molecule has 0 atom stereocenters. The monoisotopic (exact) mass is 339 g/mol. The van der Waals surface area contributed by atoms with Crippen molar-refractivity contribution < 1.29 is 4.79 Å². The van der Waals surface area contributed by atoms with Gasteiger partial charge >= 0.3 is 0 Å². The van der Waals surface area contributed by atoms with Crippen molar-refractivity contribution in [2.24, 2.45) is 5.73 Å². The third-order valence-electron chi connectivity index (χ3n) is 4.12. The number of nitrogens with one attached hydrogen (secondary N) is 1. The van der Waals surface area contributed by atoms with Crippen LogP contribution in [0.4, 0.5) is 11.6 Å². The van der Waals surface area contributed by atoms with Crippen LogP contribution in [0.5, 0.6) is 0 Å². The molecule has 0 spiro atoms. The zero-order valence-corrected chi connectivity index (χ0v) is 14.0. The molecule has 3 aromatic rings. The molecule has 7 heteroatoms. The zero-order valence-electron chi connectivity index (χ0n) is 13.2. The summed E-state index contributed by atoms with van der Waals surface area (Å²) in [5, 5.41) is 4.02. The number of hydrogen-bond donors (Lipinski definition) is 3. The minimum absolute atomic E-state index is 0.331. The van der Waals surface area contributed by atoms with Crippen molar-refractivity contribution in [3.8, 4) is 11.3 Å². The normalized spacial score (nSPS) is 14.0. The number of carbonyl (C=O) groups is 1. The van der Waals surface area contributed by atoms with Gasteiger partial charge in [0.05, 0.1) is 16.8 Å². The largest absolute Gasteiger partial charge is 0.397 e. The first kappa shape index (κ1) is 14.9. The Morgan fingerprint density at radius 1 is 1.29 bits per heavy atom. The number of carbonyl (C=O) groups excluding carboxylic acids is 1. The lowest BCUT2D eigenvalue weighted by Gasteiger charge is -2.10. The summed E-state index contributed by atoms with van der Waals surface area (Å²) < 4.78 is 0. The van der Waals surface area contributed by atoms with E-state index in [1.54, 1.807) is 0 Å². The number of thiophene rings is 1. The van der Waals surface area contributed by atoms with Crippen molar-refractivity contribution in [1.82, 2.24) is 9.97 Å². The summed E-state index contributed by atoms with van der Waals surface area (Å²) in [6, 6.07) is 8.39. The lowest BCUT2D eigenvalue weighted by atomic mass is 10.0. The molecule has 1 amide bonds. The Hall–Kier alpha value is -2.67. The van der Waals surface area contributed by atoms with E-state index in [0.717, 1.165) is 29.7 Å². The average molecular weight is 339 g/mol. The van der Waals surface area contributed by atoms with Crippen molar-refractivity contribution in [3.05, 3.63) is 34.7 Å². The van der Waals surface area contributed by atoms with E-state index >= 15 is 0 Å². The second-order valence-electron chi connectivity index (χ2n) is 6.02. The van der Waals surface area contributed by atoms with Crippen LogP contribution in [-0.4, -0.2) is 21.9 Å². The van der Waals surface area contributed by atoms with E-state index in [4.69, 9.17) is 16.5 Å². The number of nitrogens with two attached hydrogens (primary N) is 2. The molecule has 0 radical (unpaired) electrons. The second-order valence-corrected chi connectivity index (χ2v) is 7.02. The maximum atomic E-state index is 11.7. The molecule has 122 valence electrons. The first-order chi connectivity index (χ1) is 11.5. The molecule has 1 aliphatic rings. The van der Waals surface area contributed by atoms with Gasteiger partial charge in [0.1, 0.15) is 9.71 Å². The van der Waals surface area contributed by atoms with Gasteiger partial charge in [-0.25, -0.2) is 9.97 Å². The van der Waals surface area contributed by atoms with Crippen molar-refractivity contribution in [3.63, 3.8) is 0 Å². The molecule has 5 N–H and O–H groups in total. The van der Waals surface area contributed by atoms with Gasteiger partial charge in [-0.15, -0.1) is 11.3 Å². The number of aromatic nitrogens is 2. The molecule has 1 fully saturated rings. The number of benzene rings is 1. The summed E-state index contributed by atoms with van der Waals surface area (Å²) in [7, 11) is 0. The Morgan fingerprint density at radius 3 is 2.71 bits per heavy atom. The SMILES string of the molecule is Cc1ccccc1-c1nc(NC2CC2)nc2sc(C(N)=O)c(N)c12. The van der Waals surface area contributed by atoms with Gasteiger partial charge in [0.15, 0.2) is 0 Å². The summed E-state index contributed by atoms with van der Waals surface area (Å²) in [6.07, 6.45) is 2.25. The van der Waals surface area contributed by atoms with Crippen LogP contribution in [0.25, 0.3) is 21.5 Å². The number of anilines is 2. The molecule has 4 rings (SSSR count). The van der Waals surface area contributed by atoms with Gasteiger partial charge in [0, 0.05) is 11.6 Å². The van der Waals surface area contributed by atoms with Crippen LogP contribution in [-0.2, 0) is 0 Å². The van der Waals surface area contributed by atoms with E-state index in [0.29, 0.717) is 32.8 Å². The molecule has 24 heavy (non-hydrogen) atoms. The number of nitrogen functional groups attached to an aromatic ring is 1. The minimum atomic E-state index is -0.539. The van der Waals surface area contributed by atoms with Crippen LogP contribution in [0.15, 0.2) is 24.3 Å². The topological polar surface area (TPSA) is 107 Å². The Kier molecular flexibility index (Phi) is 3.38. The van der Waals surface area contributed by atoms with E-state index in [2.05, 4.69) is 10.3 Å². The standard InChI is InChI=1S/C17H17N5OS/c1-8-4-2-3-5-10(8)13-11-12(18)14(15(19)23)24-16(11)22-17(21-13)20-9-6-7-9/h2-5,9H,6-7,18H2,1H3,(H2,19,23)(H,20,21,22). The van der Waals surface area contributed by atoms with Gasteiger partial charge < -0.3 is 16.8 Å². The van der Waals surface area contributed by atoms with E-state index in [1.807, 2.05) is 31.2 Å². The Morgan fingerprint density at radius 2 is 2.04 bits per heavy atom. The summed E-state index contributed by atoms with van der Waals surface area (Å²) in [4.78, 5) is 21.9. The smallest absolute Gasteiger partial charge is 0.260 e. The molecule has 6 nitrogen and oxygen atoms in total. The average Bonchev–Trinajstić information content (AvgIpc) is 3.29. The van der Waals surface area contributed by atoms with E-state index in [1.165, 1.54) is 11.3 Å². The highest BCUT2D eigenvalue weighted by Gasteiger charge is 2.25. The quantitative estimate of drug-likeness (QED) is 0.677. The molecule has 1 saturated carbocycles. The van der Waals surface area contributed by atoms with Gasteiger partial charge in [-0.3, -0.25) is 4.79 Å². The predicted molar refractivity (Wildman–Crippen MR) is 97.2 cm³/mol. The van der Waals surface area contributed by atoms with Gasteiger partial charge in [-0.2, -0.15) is 0 Å². The molecular weight excluding hydrogens is 322 g/mol. The fraction of sp³-hybridized carbons (Fsp3) is 0.235. The third-order valence-corrected chi connectivity index (χ3v) is 5.24. The van der Waals surface area contributed by atoms with Crippen LogP contribution < -0.4 is 16.8 Å². The fourth-order valence-electron chi connectivity index (χ4n) is 2.71. The molecule has 2 aromatic heterocycles. The van der Waals surface area contributed by atoms with Crippen LogP contribution in [0.3, 0.4) is 0 Å². The third kappa shape index (κ3) is 2.46. The summed E-state index contributed by atoms with van der Waals surface area (Å²) in [5.41, 5.74) is 14.8. The van der Waals surface area contributed by atoms with Gasteiger partial charge in [0.2, 0.25) is 5.95 Å². The lowest BCUT2D eigenvalue weighted by Crippen LogP contribution is -2.10. The molecule has 0 saturated heterocycles. The number of nitrogens with zero attached hydrogens (tertiary/aromatic N) is 2. The van der Waals surface area contributed by atoms with E-state index in [-0.39, 0.29) is 0 Å². The summed E-state index contributed by atoms with van der Waals surface area (Å²) in [5.74, 6) is 0.0310. The number of rotatable bonds is 4. The van der Waals surface area contributed by atoms with E-state index in [9.17, 15) is 4.79 Å². The second kappa shape index (κ2) is 5.45. The highest BCUT2D eigenvalue weighted by molar-refractivity contribution is 7.21. The summed E-state index contributed by atoms with van der Waals surface area (Å²) in [6.45, 7) is 2.02. The maximum absolute atomic E-state index is 11.7. The van der Waals surface area contributed by atoms with Crippen molar-refractivity contribution in [2.45, 2.75) is 25.8 Å². The number of fused-ring (bicyclic) bond motifs is 1. The molecular formula is C17H17N5OS. The molecule has 0 bridgehead atoms. The first-order valence-electron chi connectivity index (χ1n) is 7.77. The molecule has 1 aliphatic carbocycles. The van der Waals surface area contributed by atoms with Crippen molar-refractivity contribution in [2.75, 3.05) is 11.1 Å². The molecule has 2 heterocycles. The number of aryl methyl sites for hydroxylation is 1. The number of primary amides is 1. The highest BCUT2D eigenvalue weighted by atomic mass is 32.1. The van der Waals surface area contributed by atoms with Gasteiger partial charge in [-0.05, 0) is 25.3 Å².